The third-order valence-electron chi connectivity index (χ3n) is 5.70. The zero-order valence-electron chi connectivity index (χ0n) is 18.4. The summed E-state index contributed by atoms with van der Waals surface area (Å²) in [5.74, 6) is -2.78. The predicted molar refractivity (Wildman–Crippen MR) is 121 cm³/mol. The molecule has 0 fully saturated rings. The van der Waals surface area contributed by atoms with Crippen molar-refractivity contribution in [3.63, 3.8) is 0 Å². The van der Waals surface area contributed by atoms with E-state index in [9.17, 15) is 19.1 Å². The van der Waals surface area contributed by atoms with Gasteiger partial charge in [0, 0.05) is 30.3 Å². The Morgan fingerprint density at radius 1 is 0.912 bits per heavy atom. The molecule has 2 aromatic heterocycles. The molecule has 168 valence electrons. The largest absolute Gasteiger partial charge is 0.858 e. The molecule has 0 unspecified atom stereocenters. The molecular weight excluding hydrogens is 435 g/mol. The van der Waals surface area contributed by atoms with Gasteiger partial charge in [-0.25, -0.2) is 9.29 Å². The molecule has 3 heterocycles. The Hall–Kier alpha value is -4.59. The lowest BCUT2D eigenvalue weighted by Crippen LogP contribution is -2.39. The van der Waals surface area contributed by atoms with Crippen LogP contribution in [0, 0.1) is 12.7 Å². The maximum atomic E-state index is 14.7. The van der Waals surface area contributed by atoms with E-state index in [1.54, 1.807) is 48.8 Å². The van der Waals surface area contributed by atoms with E-state index in [0.717, 1.165) is 15.1 Å². The third kappa shape index (κ3) is 3.27. The van der Waals surface area contributed by atoms with Crippen LogP contribution in [0.4, 0.5) is 10.1 Å². The van der Waals surface area contributed by atoms with Gasteiger partial charge in [-0.2, -0.15) is 9.67 Å². The van der Waals surface area contributed by atoms with Crippen molar-refractivity contribution in [2.75, 3.05) is 4.90 Å². The number of aryl methyl sites for hydroxylation is 2. The second-order valence-electron chi connectivity index (χ2n) is 7.92. The highest BCUT2D eigenvalue weighted by molar-refractivity contribution is 6.53. The zero-order valence-corrected chi connectivity index (χ0v) is 18.4. The Morgan fingerprint density at radius 3 is 2.24 bits per heavy atom. The molecular formula is C26H19FN4O3. The summed E-state index contributed by atoms with van der Waals surface area (Å²) in [6, 6.07) is 18.0. The number of halogens is 1. The summed E-state index contributed by atoms with van der Waals surface area (Å²) in [4.78, 5) is 28.2. The Balaban J connectivity index is 1.81. The molecule has 0 radical (unpaired) electrons. The number of para-hydroxylation sites is 1. The van der Waals surface area contributed by atoms with Crippen LogP contribution in [0.2, 0.25) is 0 Å². The van der Waals surface area contributed by atoms with E-state index in [1.807, 2.05) is 13.0 Å². The SMILES string of the molecule is Cc1cc[n+](C2=C(c3c(-c4ccccc4)nn(C)c3[O-])C(=O)N(c3ccccc3F)C2=O)cc1. The summed E-state index contributed by atoms with van der Waals surface area (Å²) in [6.07, 6.45) is 3.26. The molecule has 2 amide bonds. The van der Waals surface area contributed by atoms with Crippen molar-refractivity contribution in [2.45, 2.75) is 6.92 Å². The van der Waals surface area contributed by atoms with Gasteiger partial charge >= 0.3 is 5.91 Å². The Morgan fingerprint density at radius 2 is 1.56 bits per heavy atom. The van der Waals surface area contributed by atoms with Crippen molar-refractivity contribution < 1.29 is 23.7 Å². The fraction of sp³-hybridized carbons (Fsp3) is 0.0769. The molecule has 34 heavy (non-hydrogen) atoms. The first-order valence-electron chi connectivity index (χ1n) is 10.5. The van der Waals surface area contributed by atoms with Crippen LogP contribution in [0.1, 0.15) is 11.1 Å². The summed E-state index contributed by atoms with van der Waals surface area (Å²) in [6.45, 7) is 1.89. The number of rotatable bonds is 4. The highest BCUT2D eigenvalue weighted by atomic mass is 19.1. The van der Waals surface area contributed by atoms with E-state index in [2.05, 4.69) is 5.10 Å². The van der Waals surface area contributed by atoms with Crippen LogP contribution in [-0.2, 0) is 16.6 Å². The molecule has 0 aliphatic carbocycles. The van der Waals surface area contributed by atoms with Gasteiger partial charge in [-0.1, -0.05) is 42.5 Å². The van der Waals surface area contributed by atoms with Crippen LogP contribution in [0.3, 0.4) is 0 Å². The standard InChI is InChI=1S/C26H19FN4O3/c1-16-12-14-30(15-13-16)23-21(25(33)31(26(23)34)19-11-7-6-10-18(19)27)20-22(28-29(2)24(20)32)17-8-4-3-5-9-17/h3-15H,1-2H3. The maximum absolute atomic E-state index is 14.7. The molecule has 0 saturated heterocycles. The molecule has 0 saturated carbocycles. The van der Waals surface area contributed by atoms with Gasteiger partial charge in [0.15, 0.2) is 12.4 Å². The van der Waals surface area contributed by atoms with Crippen molar-refractivity contribution in [1.82, 2.24) is 9.78 Å². The topological polar surface area (TPSA) is 82.1 Å². The van der Waals surface area contributed by atoms with Crippen molar-refractivity contribution in [1.29, 1.82) is 0 Å². The lowest BCUT2D eigenvalue weighted by Gasteiger charge is -2.15. The average Bonchev–Trinajstić information content (AvgIpc) is 3.27. The first-order chi connectivity index (χ1) is 16.4. The Labute approximate surface area is 194 Å². The van der Waals surface area contributed by atoms with Crippen molar-refractivity contribution in [3.05, 3.63) is 96.1 Å². The minimum Gasteiger partial charge on any atom is -0.858 e. The van der Waals surface area contributed by atoms with E-state index in [4.69, 9.17) is 0 Å². The summed E-state index contributed by atoms with van der Waals surface area (Å²) < 4.78 is 17.3. The second kappa shape index (κ2) is 8.08. The van der Waals surface area contributed by atoms with Crippen LogP contribution in [-0.4, -0.2) is 21.6 Å². The number of benzene rings is 2. The quantitative estimate of drug-likeness (QED) is 0.351. The number of hydrogen-bond donors (Lipinski definition) is 0. The number of anilines is 1. The van der Waals surface area contributed by atoms with Gasteiger partial charge in [-0.15, -0.1) is 0 Å². The Kier molecular flexibility index (Phi) is 5.05. The minimum atomic E-state index is -0.791. The normalized spacial score (nSPS) is 13.8. The fourth-order valence-electron chi connectivity index (χ4n) is 4.02. The summed E-state index contributed by atoms with van der Waals surface area (Å²) in [7, 11) is 1.48. The second-order valence-corrected chi connectivity index (χ2v) is 7.92. The van der Waals surface area contributed by atoms with Gasteiger partial charge in [-0.05, 0) is 30.5 Å². The van der Waals surface area contributed by atoms with E-state index < -0.39 is 23.5 Å². The van der Waals surface area contributed by atoms with E-state index in [-0.39, 0.29) is 28.2 Å². The lowest BCUT2D eigenvalue weighted by molar-refractivity contribution is -0.576. The number of carbonyl (C=O) groups is 2. The number of imide groups is 1. The number of carbonyl (C=O) groups excluding carboxylic acids is 2. The molecule has 0 spiro atoms. The molecule has 2 aromatic carbocycles. The van der Waals surface area contributed by atoms with E-state index in [0.29, 0.717) is 5.56 Å². The van der Waals surface area contributed by atoms with Crippen LogP contribution in [0.5, 0.6) is 5.88 Å². The van der Waals surface area contributed by atoms with Gasteiger partial charge in [0.05, 0.1) is 11.4 Å². The number of aromatic nitrogens is 3. The zero-order chi connectivity index (χ0) is 24.0. The number of hydrogen-bond acceptors (Lipinski definition) is 4. The first kappa shape index (κ1) is 21.3. The smallest absolute Gasteiger partial charge is 0.331 e. The van der Waals surface area contributed by atoms with Gasteiger partial charge in [0.2, 0.25) is 0 Å². The van der Waals surface area contributed by atoms with Crippen molar-refractivity contribution in [2.24, 2.45) is 7.05 Å². The molecule has 0 N–H and O–H groups in total. The molecule has 1 aliphatic rings. The van der Waals surface area contributed by atoms with Crippen LogP contribution in [0.15, 0.2) is 79.1 Å². The lowest BCUT2D eigenvalue weighted by atomic mass is 10.00. The summed E-state index contributed by atoms with van der Waals surface area (Å²) in [5.41, 5.74) is 1.46. The van der Waals surface area contributed by atoms with Gasteiger partial charge in [0.1, 0.15) is 11.4 Å². The fourth-order valence-corrected chi connectivity index (χ4v) is 4.02. The molecule has 8 heteroatoms. The molecule has 0 bridgehead atoms. The third-order valence-corrected chi connectivity index (χ3v) is 5.70. The van der Waals surface area contributed by atoms with E-state index >= 15 is 0 Å². The first-order valence-corrected chi connectivity index (χ1v) is 10.5. The molecule has 5 rings (SSSR count). The van der Waals surface area contributed by atoms with Gasteiger partial charge in [0.25, 0.3) is 11.6 Å². The van der Waals surface area contributed by atoms with Gasteiger partial charge < -0.3 is 5.11 Å². The summed E-state index contributed by atoms with van der Waals surface area (Å²) >= 11 is 0. The maximum Gasteiger partial charge on any atom is 0.331 e. The van der Waals surface area contributed by atoms with Crippen molar-refractivity contribution in [3.8, 4) is 17.1 Å². The molecule has 0 atom stereocenters. The minimum absolute atomic E-state index is 0.00559. The van der Waals surface area contributed by atoms with Crippen LogP contribution < -0.4 is 14.6 Å². The summed E-state index contributed by atoms with van der Waals surface area (Å²) in [5, 5.41) is 17.6. The molecule has 7 nitrogen and oxygen atoms in total. The highest BCUT2D eigenvalue weighted by Gasteiger charge is 2.48. The average molecular weight is 454 g/mol. The monoisotopic (exact) mass is 454 g/mol. The van der Waals surface area contributed by atoms with E-state index in [1.165, 1.54) is 35.9 Å². The predicted octanol–water partition coefficient (Wildman–Crippen LogP) is 2.84. The highest BCUT2D eigenvalue weighted by Crippen LogP contribution is 2.41. The van der Waals surface area contributed by atoms with Crippen LogP contribution in [0.25, 0.3) is 22.5 Å². The number of pyridine rings is 1. The molecule has 4 aromatic rings. The van der Waals surface area contributed by atoms with Crippen molar-refractivity contribution >= 4 is 28.8 Å². The Bertz CT molecular complexity index is 1470. The van der Waals surface area contributed by atoms with Crippen LogP contribution >= 0.6 is 0 Å². The number of amides is 2. The van der Waals surface area contributed by atoms with Gasteiger partial charge in [-0.3, -0.25) is 14.3 Å². The number of nitrogens with zero attached hydrogens (tertiary/aromatic N) is 4. The molecule has 1 aliphatic heterocycles.